The van der Waals surface area contributed by atoms with Crippen LogP contribution in [0.2, 0.25) is 0 Å². The van der Waals surface area contributed by atoms with Crippen LogP contribution in [0.15, 0.2) is 24.3 Å². The first kappa shape index (κ1) is 24.8. The van der Waals surface area contributed by atoms with E-state index < -0.39 is 23.5 Å². The number of pyridine rings is 1. The van der Waals surface area contributed by atoms with Gasteiger partial charge in [-0.05, 0) is 86.8 Å². The Kier molecular flexibility index (Phi) is 6.86. The van der Waals surface area contributed by atoms with Crippen LogP contribution in [0.4, 0.5) is 32.2 Å². The zero-order chi connectivity index (χ0) is 24.7. The second-order valence-electron chi connectivity index (χ2n) is 9.68. The third-order valence-electron chi connectivity index (χ3n) is 6.46. The van der Waals surface area contributed by atoms with Gasteiger partial charge in [-0.25, -0.2) is 4.98 Å². The summed E-state index contributed by atoms with van der Waals surface area (Å²) in [7, 11) is 0. The predicted octanol–water partition coefficient (Wildman–Crippen LogP) is 6.65. The first-order valence-electron chi connectivity index (χ1n) is 11.6. The maximum Gasteiger partial charge on any atom is 0.416 e. The maximum absolute atomic E-state index is 13.2. The van der Waals surface area contributed by atoms with Crippen LogP contribution >= 0.6 is 0 Å². The van der Waals surface area contributed by atoms with Gasteiger partial charge in [0.2, 0.25) is 0 Å². The Hall–Kier alpha value is -2.29. The maximum atomic E-state index is 13.2. The average Bonchev–Trinajstić information content (AvgIpc) is 3.65. The summed E-state index contributed by atoms with van der Waals surface area (Å²) < 4.78 is 79.0. The summed E-state index contributed by atoms with van der Waals surface area (Å²) in [4.78, 5) is 7.17. The summed E-state index contributed by atoms with van der Waals surface area (Å²) >= 11 is 0. The Morgan fingerprint density at radius 2 is 1.35 bits per heavy atom. The molecule has 1 aromatic heterocycles. The molecule has 0 saturated heterocycles. The second-order valence-corrected chi connectivity index (χ2v) is 9.68. The SMILES string of the molecule is Cc1cc(CNCc2cc(C(F)(F)F)cc(C(F)(F)F)c2)c(N(CC2CC2)CC2CC2)nc1C. The Balaban J connectivity index is 1.54. The smallest absolute Gasteiger partial charge is 0.356 e. The van der Waals surface area contributed by atoms with Crippen LogP contribution in [0.3, 0.4) is 0 Å². The molecule has 2 aliphatic carbocycles. The minimum absolute atomic E-state index is 0.0618. The molecule has 1 heterocycles. The zero-order valence-electron chi connectivity index (χ0n) is 19.3. The van der Waals surface area contributed by atoms with Crippen LogP contribution in [-0.2, 0) is 25.4 Å². The number of benzene rings is 1. The van der Waals surface area contributed by atoms with Crippen molar-refractivity contribution in [2.45, 2.75) is 65.0 Å². The van der Waals surface area contributed by atoms with Crippen LogP contribution in [0.25, 0.3) is 0 Å². The Morgan fingerprint density at radius 3 is 1.82 bits per heavy atom. The van der Waals surface area contributed by atoms with E-state index in [1.54, 1.807) is 0 Å². The van der Waals surface area contributed by atoms with Crippen molar-refractivity contribution < 1.29 is 26.3 Å². The number of nitrogens with one attached hydrogen (secondary N) is 1. The molecule has 34 heavy (non-hydrogen) atoms. The molecular formula is C25H29F6N3. The number of halogens is 6. The van der Waals surface area contributed by atoms with Gasteiger partial charge in [-0.2, -0.15) is 26.3 Å². The molecule has 0 unspecified atom stereocenters. The molecule has 2 aromatic rings. The number of hydrogen-bond donors (Lipinski definition) is 1. The van der Waals surface area contributed by atoms with Gasteiger partial charge >= 0.3 is 12.4 Å². The highest BCUT2D eigenvalue weighted by molar-refractivity contribution is 5.50. The van der Waals surface area contributed by atoms with E-state index in [1.165, 1.54) is 25.7 Å². The van der Waals surface area contributed by atoms with E-state index in [4.69, 9.17) is 4.98 Å². The van der Waals surface area contributed by atoms with Gasteiger partial charge < -0.3 is 10.2 Å². The fraction of sp³-hybridized carbons (Fsp3) is 0.560. The summed E-state index contributed by atoms with van der Waals surface area (Å²) in [6.45, 7) is 5.94. The predicted molar refractivity (Wildman–Crippen MR) is 118 cm³/mol. The van der Waals surface area contributed by atoms with Crippen LogP contribution in [-0.4, -0.2) is 18.1 Å². The number of hydrogen-bond acceptors (Lipinski definition) is 3. The molecule has 0 spiro atoms. The van der Waals surface area contributed by atoms with Crippen molar-refractivity contribution in [3.63, 3.8) is 0 Å². The molecule has 0 bridgehead atoms. The summed E-state index contributed by atoms with van der Waals surface area (Å²) in [5.41, 5.74) is 0.168. The lowest BCUT2D eigenvalue weighted by molar-refractivity contribution is -0.143. The highest BCUT2D eigenvalue weighted by Crippen LogP contribution is 2.38. The Labute approximate surface area is 195 Å². The molecule has 2 fully saturated rings. The summed E-state index contributed by atoms with van der Waals surface area (Å²) in [5, 5.41) is 3.05. The molecule has 4 rings (SSSR count). The van der Waals surface area contributed by atoms with E-state index in [2.05, 4.69) is 10.2 Å². The van der Waals surface area contributed by atoms with Crippen molar-refractivity contribution in [1.29, 1.82) is 0 Å². The highest BCUT2D eigenvalue weighted by atomic mass is 19.4. The van der Waals surface area contributed by atoms with Gasteiger partial charge in [-0.1, -0.05) is 0 Å². The van der Waals surface area contributed by atoms with Crippen LogP contribution in [0, 0.1) is 25.7 Å². The first-order valence-corrected chi connectivity index (χ1v) is 11.6. The molecule has 186 valence electrons. The number of aromatic nitrogens is 1. The number of alkyl halides is 6. The third kappa shape index (κ3) is 6.43. The first-order chi connectivity index (χ1) is 15.9. The van der Waals surface area contributed by atoms with E-state index >= 15 is 0 Å². The van der Waals surface area contributed by atoms with Crippen molar-refractivity contribution in [3.05, 3.63) is 57.8 Å². The molecule has 1 N–H and O–H groups in total. The van der Waals surface area contributed by atoms with Crippen molar-refractivity contribution in [2.75, 3.05) is 18.0 Å². The molecule has 0 amide bonds. The second kappa shape index (κ2) is 9.40. The molecule has 2 aliphatic rings. The van der Waals surface area contributed by atoms with Crippen LogP contribution < -0.4 is 10.2 Å². The van der Waals surface area contributed by atoms with Crippen molar-refractivity contribution in [3.8, 4) is 0 Å². The van der Waals surface area contributed by atoms with Gasteiger partial charge in [0.25, 0.3) is 0 Å². The van der Waals surface area contributed by atoms with Gasteiger partial charge in [0.1, 0.15) is 5.82 Å². The highest BCUT2D eigenvalue weighted by Gasteiger charge is 2.37. The van der Waals surface area contributed by atoms with Crippen LogP contribution in [0.5, 0.6) is 0 Å². The van der Waals surface area contributed by atoms with Gasteiger partial charge in [-0.3, -0.25) is 0 Å². The normalized spacial score (nSPS) is 16.7. The number of aryl methyl sites for hydroxylation is 2. The Morgan fingerprint density at radius 1 is 0.824 bits per heavy atom. The fourth-order valence-electron chi connectivity index (χ4n) is 4.09. The van der Waals surface area contributed by atoms with E-state index in [0.717, 1.165) is 47.9 Å². The lowest BCUT2D eigenvalue weighted by Gasteiger charge is -2.27. The fourth-order valence-corrected chi connectivity index (χ4v) is 4.09. The van der Waals surface area contributed by atoms with E-state index in [1.807, 2.05) is 19.9 Å². The van der Waals surface area contributed by atoms with Crippen molar-refractivity contribution in [1.82, 2.24) is 10.3 Å². The number of nitrogens with zero attached hydrogens (tertiary/aromatic N) is 2. The summed E-state index contributed by atoms with van der Waals surface area (Å²) in [6.07, 6.45) is -4.89. The quantitative estimate of drug-likeness (QED) is 0.403. The largest absolute Gasteiger partial charge is 0.416 e. The minimum atomic E-state index is -4.85. The molecule has 9 heteroatoms. The van der Waals surface area contributed by atoms with Crippen LogP contribution in [0.1, 0.15) is 59.2 Å². The molecule has 2 saturated carbocycles. The minimum Gasteiger partial charge on any atom is -0.356 e. The topological polar surface area (TPSA) is 28.2 Å². The van der Waals surface area contributed by atoms with Crippen molar-refractivity contribution >= 4 is 5.82 Å². The molecule has 3 nitrogen and oxygen atoms in total. The van der Waals surface area contributed by atoms with E-state index in [-0.39, 0.29) is 18.2 Å². The zero-order valence-corrected chi connectivity index (χ0v) is 19.3. The monoisotopic (exact) mass is 485 g/mol. The summed E-state index contributed by atoms with van der Waals surface area (Å²) in [6, 6.07) is 3.72. The lowest BCUT2D eigenvalue weighted by Crippen LogP contribution is -2.31. The van der Waals surface area contributed by atoms with Gasteiger partial charge in [0.05, 0.1) is 11.1 Å². The lowest BCUT2D eigenvalue weighted by atomic mass is 10.0. The van der Waals surface area contributed by atoms with Gasteiger partial charge in [-0.15, -0.1) is 0 Å². The van der Waals surface area contributed by atoms with E-state index in [0.29, 0.717) is 18.4 Å². The van der Waals surface area contributed by atoms with Gasteiger partial charge in [0, 0.05) is 37.4 Å². The van der Waals surface area contributed by atoms with Gasteiger partial charge in [0.15, 0.2) is 0 Å². The molecule has 0 aliphatic heterocycles. The average molecular weight is 486 g/mol. The molecule has 0 atom stereocenters. The molecule has 1 aromatic carbocycles. The molecular weight excluding hydrogens is 456 g/mol. The number of rotatable bonds is 9. The number of anilines is 1. The summed E-state index contributed by atoms with van der Waals surface area (Å²) in [5.74, 6) is 2.19. The van der Waals surface area contributed by atoms with Crippen molar-refractivity contribution in [2.24, 2.45) is 11.8 Å². The third-order valence-corrected chi connectivity index (χ3v) is 6.46. The molecule has 0 radical (unpaired) electrons. The van der Waals surface area contributed by atoms with E-state index in [9.17, 15) is 26.3 Å². The standard InChI is InChI=1S/C25H29F6N3/c1-15-7-20(23(33-16(15)2)34(13-17-3-4-17)14-18-5-6-18)12-32-11-19-8-21(24(26,27)28)10-22(9-19)25(29,30)31/h7-10,17-18,32H,3-6,11-14H2,1-2H3. The Bertz CT molecular complexity index is 976.